The molecule has 0 spiro atoms. The lowest BCUT2D eigenvalue weighted by molar-refractivity contribution is 0.318. The van der Waals surface area contributed by atoms with Crippen molar-refractivity contribution in [3.63, 3.8) is 0 Å². The van der Waals surface area contributed by atoms with Crippen LogP contribution >= 0.6 is 30.8 Å². The van der Waals surface area contributed by atoms with Crippen LogP contribution in [0.25, 0.3) is 0 Å². The van der Waals surface area contributed by atoms with Gasteiger partial charge in [-0.15, -0.1) is 5.10 Å². The highest BCUT2D eigenvalue weighted by molar-refractivity contribution is 7.54. The third-order valence-corrected chi connectivity index (χ3v) is 4.44. The maximum Gasteiger partial charge on any atom is 0.379 e. The quantitative estimate of drug-likeness (QED) is 0.791. The molecule has 8 heteroatoms. The van der Waals surface area contributed by atoms with E-state index in [1.165, 1.54) is 11.8 Å². The molecule has 0 aromatic carbocycles. The zero-order valence-electron chi connectivity index (χ0n) is 8.53. The summed E-state index contributed by atoms with van der Waals surface area (Å²) in [5, 5.41) is 4.23. The van der Waals surface area contributed by atoms with Crippen LogP contribution in [0.15, 0.2) is 0 Å². The monoisotopic (exact) mass is 272 g/mol. The average Bonchev–Trinajstić information content (AvgIpc) is 2.46. The summed E-state index contributed by atoms with van der Waals surface area (Å²) in [4.78, 5) is 0. The van der Waals surface area contributed by atoms with Gasteiger partial charge in [0.1, 0.15) is 10.2 Å². The molecule has 1 heterocycles. The predicted molar refractivity (Wildman–Crippen MR) is 59.0 cm³/mol. The summed E-state index contributed by atoms with van der Waals surface area (Å²) in [6, 6.07) is 0. The van der Waals surface area contributed by atoms with E-state index in [1.807, 2.05) is 0 Å². The third-order valence-electron chi connectivity index (χ3n) is 1.78. The molecule has 0 amide bonds. The first-order valence-electron chi connectivity index (χ1n) is 4.16. The summed E-state index contributed by atoms with van der Waals surface area (Å²) in [7, 11) is -0.245. The minimum atomic E-state index is -3.16. The van der Waals surface area contributed by atoms with Crippen LogP contribution in [0.2, 0.25) is 10.2 Å². The van der Waals surface area contributed by atoms with Crippen LogP contribution in [-0.2, 0) is 16.1 Å². The van der Waals surface area contributed by atoms with Crippen LogP contribution in [-0.4, -0.2) is 23.1 Å². The molecule has 0 aliphatic heterocycles. The van der Waals surface area contributed by atoms with Crippen molar-refractivity contribution < 1.29 is 13.6 Å². The Balaban J connectivity index is 2.99. The summed E-state index contributed by atoms with van der Waals surface area (Å²) < 4.78 is 23.0. The Morgan fingerprint density at radius 2 is 2.13 bits per heavy atom. The molecule has 0 fully saturated rings. The van der Waals surface area contributed by atoms with Crippen molar-refractivity contribution in [2.24, 2.45) is 7.05 Å². The Kier molecular flexibility index (Phi) is 4.06. The molecule has 1 aromatic rings. The first-order chi connectivity index (χ1) is 6.93. The zero-order valence-corrected chi connectivity index (χ0v) is 10.9. The Hall–Kier alpha value is -0.220. The molecule has 1 aromatic heterocycles. The van der Waals surface area contributed by atoms with Crippen LogP contribution in [0.5, 0.6) is 5.88 Å². The lowest BCUT2D eigenvalue weighted by atomic mass is 10.7. The van der Waals surface area contributed by atoms with Crippen molar-refractivity contribution >= 4 is 30.8 Å². The summed E-state index contributed by atoms with van der Waals surface area (Å²) in [6.07, 6.45) is 0.230. The van der Waals surface area contributed by atoms with Crippen LogP contribution in [0.1, 0.15) is 6.92 Å². The van der Waals surface area contributed by atoms with E-state index >= 15 is 0 Å². The topological polar surface area (TPSA) is 53.4 Å². The number of halogens is 2. The van der Waals surface area contributed by atoms with E-state index in [1.54, 1.807) is 14.0 Å². The van der Waals surface area contributed by atoms with Crippen LogP contribution in [0, 0.1) is 0 Å². The predicted octanol–water partition coefficient (Wildman–Crippen LogP) is 2.97. The van der Waals surface area contributed by atoms with Crippen LogP contribution in [0.4, 0.5) is 0 Å². The Morgan fingerprint density at radius 1 is 1.53 bits per heavy atom. The van der Waals surface area contributed by atoms with Gasteiger partial charge in [-0.1, -0.05) is 30.1 Å². The van der Waals surface area contributed by atoms with E-state index in [4.69, 9.17) is 32.2 Å². The highest BCUT2D eigenvalue weighted by atomic mass is 35.5. The second-order valence-corrected chi connectivity index (χ2v) is 5.87. The van der Waals surface area contributed by atoms with Gasteiger partial charge in [0.05, 0.1) is 6.16 Å². The van der Waals surface area contributed by atoms with Gasteiger partial charge >= 0.3 is 7.60 Å². The molecular formula is C7H11Cl2N2O3P. The van der Waals surface area contributed by atoms with Crippen molar-refractivity contribution in [3.05, 3.63) is 10.2 Å². The van der Waals surface area contributed by atoms with Crippen molar-refractivity contribution in [3.8, 4) is 5.88 Å². The maximum atomic E-state index is 11.8. The van der Waals surface area contributed by atoms with Gasteiger partial charge in [0.25, 0.3) is 5.88 Å². The van der Waals surface area contributed by atoms with E-state index in [9.17, 15) is 4.57 Å². The molecule has 0 saturated heterocycles. The first-order valence-corrected chi connectivity index (χ1v) is 6.64. The fourth-order valence-corrected chi connectivity index (χ4v) is 2.10. The van der Waals surface area contributed by atoms with Gasteiger partial charge in [-0.2, -0.15) is 0 Å². The Morgan fingerprint density at radius 3 is 2.47 bits per heavy atom. The second kappa shape index (κ2) is 4.74. The lowest BCUT2D eigenvalue weighted by Crippen LogP contribution is -1.99. The van der Waals surface area contributed by atoms with Crippen molar-refractivity contribution in [2.45, 2.75) is 6.92 Å². The standard InChI is InChI=1S/C7H11Cl2N2O3P/c1-4-15(12,13-3)14-7-5(8)6(9)11(2)10-7/h4H2,1-3H3. The van der Waals surface area contributed by atoms with Crippen molar-refractivity contribution in [1.82, 2.24) is 9.78 Å². The number of aromatic nitrogens is 2. The average molecular weight is 273 g/mol. The van der Waals surface area contributed by atoms with Crippen LogP contribution < -0.4 is 4.52 Å². The summed E-state index contributed by atoms with van der Waals surface area (Å²) in [5.41, 5.74) is 0. The van der Waals surface area contributed by atoms with E-state index in [-0.39, 0.29) is 22.2 Å². The largest absolute Gasteiger partial charge is 0.403 e. The molecule has 0 radical (unpaired) electrons. The number of hydrogen-bond donors (Lipinski definition) is 0. The highest BCUT2D eigenvalue weighted by Gasteiger charge is 2.26. The SMILES string of the molecule is CCP(=O)(OC)Oc1nn(C)c(Cl)c1Cl. The molecule has 0 aliphatic rings. The number of nitrogens with zero attached hydrogens (tertiary/aromatic N) is 2. The van der Waals surface area contributed by atoms with E-state index < -0.39 is 7.60 Å². The molecule has 0 bridgehead atoms. The molecule has 86 valence electrons. The molecule has 0 N–H and O–H groups in total. The second-order valence-electron chi connectivity index (χ2n) is 2.73. The van der Waals surface area contributed by atoms with Crippen molar-refractivity contribution in [2.75, 3.05) is 13.3 Å². The number of aryl methyl sites for hydroxylation is 1. The maximum absolute atomic E-state index is 11.8. The van der Waals surface area contributed by atoms with Gasteiger partial charge in [-0.3, -0.25) is 4.68 Å². The fourth-order valence-electron chi connectivity index (χ4n) is 0.875. The summed E-state index contributed by atoms with van der Waals surface area (Å²) in [6.45, 7) is 1.68. The molecule has 0 saturated carbocycles. The summed E-state index contributed by atoms with van der Waals surface area (Å²) in [5.74, 6) is 0.0243. The van der Waals surface area contributed by atoms with Gasteiger partial charge in [0.2, 0.25) is 0 Å². The van der Waals surface area contributed by atoms with E-state index in [2.05, 4.69) is 5.10 Å². The van der Waals surface area contributed by atoms with Crippen molar-refractivity contribution in [1.29, 1.82) is 0 Å². The normalized spacial score (nSPS) is 15.0. The van der Waals surface area contributed by atoms with Gasteiger partial charge in [-0.05, 0) is 0 Å². The van der Waals surface area contributed by atoms with Gasteiger partial charge in [0.15, 0.2) is 0 Å². The van der Waals surface area contributed by atoms with Gasteiger partial charge < -0.3 is 9.05 Å². The molecular weight excluding hydrogens is 262 g/mol. The Bertz CT molecular complexity index is 399. The first kappa shape index (κ1) is 12.8. The fraction of sp³-hybridized carbons (Fsp3) is 0.571. The molecule has 1 atom stereocenters. The molecule has 15 heavy (non-hydrogen) atoms. The Labute approximate surface area is 97.8 Å². The molecule has 1 rings (SSSR count). The van der Waals surface area contributed by atoms with Crippen LogP contribution in [0.3, 0.4) is 0 Å². The van der Waals surface area contributed by atoms with E-state index in [0.29, 0.717) is 0 Å². The minimum Gasteiger partial charge on any atom is -0.403 e. The molecule has 1 unspecified atom stereocenters. The minimum absolute atomic E-state index is 0.0243. The van der Waals surface area contributed by atoms with Gasteiger partial charge in [0, 0.05) is 14.2 Å². The smallest absolute Gasteiger partial charge is 0.379 e. The third kappa shape index (κ3) is 2.67. The molecule has 0 aliphatic carbocycles. The lowest BCUT2D eigenvalue weighted by Gasteiger charge is -2.13. The zero-order chi connectivity index (χ0) is 11.6. The highest BCUT2D eigenvalue weighted by Crippen LogP contribution is 2.48. The van der Waals surface area contributed by atoms with Gasteiger partial charge in [-0.25, -0.2) is 4.57 Å². The summed E-state index contributed by atoms with van der Waals surface area (Å²) >= 11 is 11.6. The number of hydrogen-bond acceptors (Lipinski definition) is 4. The molecule has 5 nitrogen and oxygen atoms in total. The van der Waals surface area contributed by atoms with E-state index in [0.717, 1.165) is 0 Å². The number of rotatable bonds is 4.